The van der Waals surface area contributed by atoms with Crippen molar-refractivity contribution in [1.29, 1.82) is 0 Å². The first kappa shape index (κ1) is 17.0. The van der Waals surface area contributed by atoms with Crippen molar-refractivity contribution in [3.63, 3.8) is 0 Å². The van der Waals surface area contributed by atoms with Gasteiger partial charge < -0.3 is 24.1 Å². The zero-order chi connectivity index (χ0) is 18.0. The number of nitrogens with zero attached hydrogens (tertiary/aromatic N) is 1. The Kier molecular flexibility index (Phi) is 3.59. The molecular formula is C18H25NO6. The van der Waals surface area contributed by atoms with Crippen LogP contribution in [0.25, 0.3) is 0 Å². The molecule has 6 atom stereocenters. The van der Waals surface area contributed by atoms with Crippen molar-refractivity contribution >= 4 is 11.9 Å². The Labute approximate surface area is 147 Å². The van der Waals surface area contributed by atoms with E-state index in [1.165, 1.54) is 0 Å². The maximum Gasteiger partial charge on any atom is 0.338 e. The van der Waals surface area contributed by atoms with Crippen LogP contribution in [0.4, 0.5) is 0 Å². The second-order valence-electron chi connectivity index (χ2n) is 8.42. The monoisotopic (exact) mass is 351 g/mol. The smallest absolute Gasteiger partial charge is 0.338 e. The number of esters is 2. The number of rotatable bonds is 0. The Balaban J connectivity index is 1.67. The molecule has 0 aromatic carbocycles. The molecule has 4 aliphatic rings. The molecule has 3 saturated heterocycles. The molecule has 3 fully saturated rings. The van der Waals surface area contributed by atoms with E-state index in [1.54, 1.807) is 6.92 Å². The van der Waals surface area contributed by atoms with Gasteiger partial charge in [-0.25, -0.2) is 4.79 Å². The number of quaternary nitrogens is 1. The number of cyclic esters (lactones) is 1. The lowest BCUT2D eigenvalue weighted by Crippen LogP contribution is -2.49. The fourth-order valence-electron chi connectivity index (χ4n) is 5.01. The van der Waals surface area contributed by atoms with Crippen molar-refractivity contribution in [1.82, 2.24) is 0 Å². The third-order valence-electron chi connectivity index (χ3n) is 6.41. The highest BCUT2D eigenvalue weighted by Gasteiger charge is 2.57. The van der Waals surface area contributed by atoms with Crippen LogP contribution in [0.5, 0.6) is 0 Å². The molecule has 0 spiro atoms. The zero-order valence-electron chi connectivity index (χ0n) is 14.9. The Bertz CT molecular complexity index is 662. The normalized spacial score (nSPS) is 49.6. The average molecular weight is 351 g/mol. The van der Waals surface area contributed by atoms with Crippen molar-refractivity contribution < 1.29 is 28.4 Å². The lowest BCUT2D eigenvalue weighted by atomic mass is 9.86. The molecule has 2 bridgehead atoms. The Morgan fingerprint density at radius 1 is 1.32 bits per heavy atom. The predicted octanol–water partition coefficient (Wildman–Crippen LogP) is 1.45. The summed E-state index contributed by atoms with van der Waals surface area (Å²) in [5, 5.41) is 12.9. The van der Waals surface area contributed by atoms with Crippen LogP contribution in [0.15, 0.2) is 11.6 Å². The molecule has 0 aromatic rings. The van der Waals surface area contributed by atoms with Crippen LogP contribution < -0.4 is 0 Å². The van der Waals surface area contributed by atoms with Gasteiger partial charge in [-0.05, 0) is 32.3 Å². The van der Waals surface area contributed by atoms with Crippen LogP contribution in [-0.2, 0) is 23.8 Å². The number of hydrogen-bond donors (Lipinski definition) is 0. The molecule has 0 unspecified atom stereocenters. The molecule has 0 saturated carbocycles. The number of hydroxylamine groups is 3. The van der Waals surface area contributed by atoms with E-state index in [-0.39, 0.29) is 24.9 Å². The summed E-state index contributed by atoms with van der Waals surface area (Å²) in [6, 6.07) is -0.451. The van der Waals surface area contributed by atoms with Crippen LogP contribution in [0.3, 0.4) is 0 Å². The summed E-state index contributed by atoms with van der Waals surface area (Å²) in [5.41, 5.74) is -1.10. The van der Waals surface area contributed by atoms with Gasteiger partial charge in [0.2, 0.25) is 0 Å². The Hall–Kier alpha value is -1.44. The maximum absolute atomic E-state index is 12.9. The molecule has 0 radical (unpaired) electrons. The topological polar surface area (TPSA) is 84.9 Å². The Morgan fingerprint density at radius 3 is 2.84 bits per heavy atom. The molecule has 0 N–H and O–H groups in total. The maximum atomic E-state index is 12.9. The van der Waals surface area contributed by atoms with Crippen LogP contribution >= 0.6 is 0 Å². The van der Waals surface area contributed by atoms with Crippen LogP contribution in [0.2, 0.25) is 0 Å². The van der Waals surface area contributed by atoms with Gasteiger partial charge in [0.15, 0.2) is 17.7 Å². The molecule has 7 heteroatoms. The van der Waals surface area contributed by atoms with E-state index in [0.29, 0.717) is 25.9 Å². The summed E-state index contributed by atoms with van der Waals surface area (Å²) in [7, 11) is 0. The van der Waals surface area contributed by atoms with E-state index in [4.69, 9.17) is 14.2 Å². The standard InChI is InChI=1S/C18H25NO6/c1-11-8-17(2)9-14(20)24-13-5-7-19(22)6-4-12(15(13)19)10-23-16(21)18(11,3)25-17/h4,11,13,15H,5-10H2,1-3H3/t11-,13-,15-,17-,18+,19-/m1/s1. The summed E-state index contributed by atoms with van der Waals surface area (Å²) in [6.07, 6.45) is 2.57. The molecule has 0 aromatic heterocycles. The van der Waals surface area contributed by atoms with Gasteiger partial charge in [-0.2, -0.15) is 0 Å². The molecule has 4 heterocycles. The van der Waals surface area contributed by atoms with E-state index < -0.39 is 34.0 Å². The number of carbonyl (C=O) groups is 2. The molecule has 4 rings (SSSR count). The fourth-order valence-corrected chi connectivity index (χ4v) is 5.01. The molecule has 0 aliphatic carbocycles. The minimum atomic E-state index is -1.09. The van der Waals surface area contributed by atoms with E-state index >= 15 is 0 Å². The van der Waals surface area contributed by atoms with Crippen LogP contribution in [-0.4, -0.2) is 59.6 Å². The number of fused-ring (bicyclic) bond motifs is 2. The minimum absolute atomic E-state index is 0.0577. The van der Waals surface area contributed by atoms with Crippen LogP contribution in [0, 0.1) is 11.1 Å². The molecule has 7 nitrogen and oxygen atoms in total. The first-order valence-corrected chi connectivity index (χ1v) is 8.99. The quantitative estimate of drug-likeness (QED) is 0.284. The SMILES string of the molecule is C[C@@H]1C[C@]2(C)CC(=O)O[C@@H]3CC[N@+]4([O-])CC=C(COC(=O)[C@@]1(C)O2)[C@H]34. The molecule has 4 aliphatic heterocycles. The van der Waals surface area contributed by atoms with Gasteiger partial charge in [-0.15, -0.1) is 0 Å². The van der Waals surface area contributed by atoms with Gasteiger partial charge in [-0.3, -0.25) is 4.79 Å². The Morgan fingerprint density at radius 2 is 2.08 bits per heavy atom. The summed E-state index contributed by atoms with van der Waals surface area (Å²) in [6.45, 7) is 6.30. The molecule has 25 heavy (non-hydrogen) atoms. The third-order valence-corrected chi connectivity index (χ3v) is 6.41. The van der Waals surface area contributed by atoms with Crippen molar-refractivity contribution in [2.45, 2.75) is 63.4 Å². The third kappa shape index (κ3) is 2.52. The molecule has 0 amide bonds. The van der Waals surface area contributed by atoms with E-state index in [9.17, 15) is 14.8 Å². The van der Waals surface area contributed by atoms with Crippen molar-refractivity contribution in [2.24, 2.45) is 5.92 Å². The van der Waals surface area contributed by atoms with Crippen molar-refractivity contribution in [3.8, 4) is 0 Å². The molecule has 138 valence electrons. The van der Waals surface area contributed by atoms with E-state index in [1.807, 2.05) is 19.9 Å². The summed E-state index contributed by atoms with van der Waals surface area (Å²) in [4.78, 5) is 25.2. The van der Waals surface area contributed by atoms with Gasteiger partial charge in [-0.1, -0.05) is 6.92 Å². The van der Waals surface area contributed by atoms with Crippen molar-refractivity contribution in [3.05, 3.63) is 16.9 Å². The van der Waals surface area contributed by atoms with Gasteiger partial charge in [0.25, 0.3) is 0 Å². The lowest BCUT2D eigenvalue weighted by Gasteiger charge is -2.41. The van der Waals surface area contributed by atoms with Gasteiger partial charge in [0.1, 0.15) is 6.61 Å². The van der Waals surface area contributed by atoms with E-state index in [0.717, 1.165) is 5.57 Å². The minimum Gasteiger partial charge on any atom is -0.632 e. The first-order valence-electron chi connectivity index (χ1n) is 8.99. The summed E-state index contributed by atoms with van der Waals surface area (Å²) in [5.74, 6) is -0.869. The van der Waals surface area contributed by atoms with Gasteiger partial charge in [0, 0.05) is 12.0 Å². The first-order chi connectivity index (χ1) is 11.7. The highest BCUT2D eigenvalue weighted by molar-refractivity contribution is 5.80. The number of carbonyl (C=O) groups excluding carboxylic acids is 2. The predicted molar refractivity (Wildman–Crippen MR) is 87.0 cm³/mol. The summed E-state index contributed by atoms with van der Waals surface area (Å²) >= 11 is 0. The zero-order valence-corrected chi connectivity index (χ0v) is 14.9. The highest BCUT2D eigenvalue weighted by atomic mass is 16.6. The van der Waals surface area contributed by atoms with E-state index in [2.05, 4.69) is 0 Å². The molecular weight excluding hydrogens is 326 g/mol. The van der Waals surface area contributed by atoms with Gasteiger partial charge in [0.05, 0.1) is 25.1 Å². The fraction of sp³-hybridized carbons (Fsp3) is 0.778. The van der Waals surface area contributed by atoms with Crippen LogP contribution in [0.1, 0.15) is 40.0 Å². The average Bonchev–Trinajstić information content (AvgIpc) is 3.07. The number of hydrogen-bond acceptors (Lipinski definition) is 6. The summed E-state index contributed by atoms with van der Waals surface area (Å²) < 4.78 is 16.9. The second-order valence-corrected chi connectivity index (χ2v) is 8.42. The lowest BCUT2D eigenvalue weighted by molar-refractivity contribution is -0.877. The van der Waals surface area contributed by atoms with Crippen molar-refractivity contribution in [2.75, 3.05) is 19.7 Å². The number of ether oxygens (including phenoxy) is 3. The highest BCUT2D eigenvalue weighted by Crippen LogP contribution is 2.46. The second kappa shape index (κ2) is 5.28. The van der Waals surface area contributed by atoms with Gasteiger partial charge >= 0.3 is 11.9 Å². The largest absolute Gasteiger partial charge is 0.632 e.